The Morgan fingerprint density at radius 3 is 1.33 bits per heavy atom. The Kier molecular flexibility index (Phi) is 9.77. The number of hydrogen-bond donors (Lipinski definition) is 0. The summed E-state index contributed by atoms with van der Waals surface area (Å²) in [4.78, 5) is 17.8. The van der Waals surface area contributed by atoms with E-state index in [1.54, 1.807) is 0 Å². The number of hydrogen-bond acceptors (Lipinski definition) is 4. The molecule has 0 spiro atoms. The van der Waals surface area contributed by atoms with Gasteiger partial charge >= 0.3 is 0 Å². The molecule has 0 aliphatic heterocycles. The summed E-state index contributed by atoms with van der Waals surface area (Å²) < 4.78 is 2.45. The quantitative estimate of drug-likeness (QED) is 0.152. The van der Waals surface area contributed by atoms with E-state index in [1.807, 2.05) is 73.8 Å². The minimum atomic E-state index is -0.119. The fraction of sp³-hybridized carbons (Fsp3) is 0.0462. The molecule has 0 saturated carbocycles. The lowest BCUT2D eigenvalue weighted by Gasteiger charge is -2.21. The maximum atomic E-state index is 4.68. The lowest BCUT2D eigenvalue weighted by molar-refractivity contribution is 0.661. The fourth-order valence-electron chi connectivity index (χ4n) is 10.7. The van der Waals surface area contributed by atoms with Crippen molar-refractivity contribution in [2.75, 3.05) is 0 Å². The van der Waals surface area contributed by atoms with Crippen LogP contribution in [0.1, 0.15) is 25.0 Å². The average molecular weight is 896 g/mol. The van der Waals surface area contributed by atoms with Gasteiger partial charge in [0.05, 0.1) is 11.0 Å². The van der Waals surface area contributed by atoms with Crippen LogP contribution in [0.2, 0.25) is 0 Å². The summed E-state index contributed by atoms with van der Waals surface area (Å²) in [5.74, 6) is 0. The van der Waals surface area contributed by atoms with Crippen LogP contribution < -0.4 is 0 Å². The monoisotopic (exact) mass is 895 g/mol. The lowest BCUT2D eigenvalue weighted by atomic mass is 9.82. The second kappa shape index (κ2) is 16.6. The van der Waals surface area contributed by atoms with Crippen molar-refractivity contribution in [3.63, 3.8) is 0 Å². The lowest BCUT2D eigenvalue weighted by Crippen LogP contribution is -2.14. The number of para-hydroxylation sites is 1. The minimum Gasteiger partial charge on any atom is -0.309 e. The van der Waals surface area contributed by atoms with Crippen LogP contribution in [0.4, 0.5) is 0 Å². The Hall–Kier alpha value is -9.06. The molecule has 5 nitrogen and oxygen atoms in total. The first-order valence-electron chi connectivity index (χ1n) is 23.8. The van der Waals surface area contributed by atoms with Gasteiger partial charge in [-0.3, -0.25) is 19.9 Å². The molecular formula is C65H45N5. The molecule has 0 bridgehead atoms. The Morgan fingerprint density at radius 2 is 0.757 bits per heavy atom. The number of fused-ring (bicyclic) bond motifs is 6. The molecule has 330 valence electrons. The molecule has 0 amide bonds. The largest absolute Gasteiger partial charge is 0.309 e. The van der Waals surface area contributed by atoms with Crippen LogP contribution in [0.5, 0.6) is 0 Å². The smallest absolute Gasteiger partial charge is 0.0544 e. The summed E-state index contributed by atoms with van der Waals surface area (Å²) in [6.45, 7) is 4.72. The van der Waals surface area contributed by atoms with E-state index in [0.29, 0.717) is 0 Å². The van der Waals surface area contributed by atoms with Crippen LogP contribution in [-0.2, 0) is 5.41 Å². The summed E-state index contributed by atoms with van der Waals surface area (Å²) in [7, 11) is 0. The molecule has 0 unspecified atom stereocenters. The summed E-state index contributed by atoms with van der Waals surface area (Å²) in [5, 5.41) is 2.47. The third kappa shape index (κ3) is 7.10. The van der Waals surface area contributed by atoms with Gasteiger partial charge in [0.2, 0.25) is 0 Å². The second-order valence-electron chi connectivity index (χ2n) is 18.8. The van der Waals surface area contributed by atoms with Crippen molar-refractivity contribution < 1.29 is 0 Å². The van der Waals surface area contributed by atoms with Crippen molar-refractivity contribution in [3.8, 4) is 94.7 Å². The predicted octanol–water partition coefficient (Wildman–Crippen LogP) is 16.3. The van der Waals surface area contributed by atoms with Crippen LogP contribution in [0.3, 0.4) is 0 Å². The van der Waals surface area contributed by atoms with Crippen LogP contribution in [0.25, 0.3) is 117 Å². The maximum absolute atomic E-state index is 4.68. The first-order valence-corrected chi connectivity index (χ1v) is 23.8. The van der Waals surface area contributed by atoms with E-state index in [2.05, 4.69) is 202 Å². The predicted molar refractivity (Wildman–Crippen MR) is 288 cm³/mol. The van der Waals surface area contributed by atoms with Crippen LogP contribution in [0.15, 0.2) is 238 Å². The molecule has 1 aliphatic rings. The molecule has 1 aliphatic carbocycles. The molecular weight excluding hydrogens is 851 g/mol. The third-order valence-corrected chi connectivity index (χ3v) is 14.3. The molecule has 5 heterocycles. The van der Waals surface area contributed by atoms with Crippen molar-refractivity contribution in [1.82, 2.24) is 24.5 Å². The van der Waals surface area contributed by atoms with Crippen molar-refractivity contribution >= 4 is 21.8 Å². The maximum Gasteiger partial charge on any atom is 0.0544 e. The van der Waals surface area contributed by atoms with Gasteiger partial charge in [-0.2, -0.15) is 0 Å². The highest BCUT2D eigenvalue weighted by molar-refractivity contribution is 6.13. The van der Waals surface area contributed by atoms with E-state index in [4.69, 9.17) is 0 Å². The van der Waals surface area contributed by atoms with Crippen molar-refractivity contribution in [1.29, 1.82) is 0 Å². The number of benzene rings is 7. The highest BCUT2D eigenvalue weighted by Gasteiger charge is 2.36. The standard InChI is InChI=1S/C65H45N5/c1-65(2)61-17-7-6-16-57(61)58-36-60-59-35-48(18-19-63(59)70(64(60)37-62(58)65)56-14-4-3-5-15-56)51-31-49(44-10-8-12-46(28-44)54-33-52(38-68-40-54)42-20-24-66-25-21-42)30-50(32-51)45-11-9-13-47(29-45)55-34-53(39-69-41-55)43-22-26-67-27-23-43/h3-41H,1-2H3. The first-order chi connectivity index (χ1) is 34.4. The van der Waals surface area contributed by atoms with Gasteiger partial charge in [-0.15, -0.1) is 0 Å². The summed E-state index contributed by atoms with van der Waals surface area (Å²) >= 11 is 0. The van der Waals surface area contributed by atoms with Gasteiger partial charge in [-0.25, -0.2) is 0 Å². The van der Waals surface area contributed by atoms with Gasteiger partial charge in [0.1, 0.15) is 0 Å². The Balaban J connectivity index is 0.990. The van der Waals surface area contributed by atoms with E-state index in [-0.39, 0.29) is 5.41 Å². The van der Waals surface area contributed by atoms with Crippen LogP contribution in [0, 0.1) is 0 Å². The molecule has 0 N–H and O–H groups in total. The van der Waals surface area contributed by atoms with Crippen molar-refractivity contribution in [2.24, 2.45) is 0 Å². The summed E-state index contributed by atoms with van der Waals surface area (Å²) in [6, 6.07) is 68.9. The molecule has 0 atom stereocenters. The van der Waals surface area contributed by atoms with Crippen molar-refractivity contribution in [2.45, 2.75) is 19.3 Å². The molecule has 12 aromatic rings. The SMILES string of the molecule is CC1(C)c2ccccc2-c2cc3c4cc(-c5cc(-c6cccc(-c7cncc(-c8ccncc8)c7)c6)cc(-c6cccc(-c7cncc(-c8ccncc8)c7)c6)c5)ccc4n(-c4ccccc4)c3cc21. The van der Waals surface area contributed by atoms with Crippen LogP contribution >= 0.6 is 0 Å². The Morgan fingerprint density at radius 1 is 0.300 bits per heavy atom. The molecule has 70 heavy (non-hydrogen) atoms. The minimum absolute atomic E-state index is 0.119. The van der Waals surface area contributed by atoms with Gasteiger partial charge in [0, 0.05) is 93.7 Å². The molecule has 0 fully saturated rings. The van der Waals surface area contributed by atoms with E-state index < -0.39 is 0 Å². The van der Waals surface area contributed by atoms with Gasteiger partial charge in [0.25, 0.3) is 0 Å². The first kappa shape index (κ1) is 41.2. The molecule has 5 heteroatoms. The molecule has 0 radical (unpaired) electrons. The zero-order chi connectivity index (χ0) is 46.8. The second-order valence-corrected chi connectivity index (χ2v) is 18.8. The Bertz CT molecular complexity index is 3820. The summed E-state index contributed by atoms with van der Waals surface area (Å²) in [6.07, 6.45) is 15.0. The van der Waals surface area contributed by atoms with E-state index in [9.17, 15) is 0 Å². The Labute approximate surface area is 407 Å². The highest BCUT2D eigenvalue weighted by Crippen LogP contribution is 2.51. The number of aromatic nitrogens is 5. The average Bonchev–Trinajstić information content (AvgIpc) is 3.87. The van der Waals surface area contributed by atoms with Gasteiger partial charge in [-0.1, -0.05) is 98.8 Å². The van der Waals surface area contributed by atoms with Crippen molar-refractivity contribution in [3.05, 3.63) is 249 Å². The molecule has 5 aromatic heterocycles. The molecule has 13 rings (SSSR count). The fourth-order valence-corrected chi connectivity index (χ4v) is 10.7. The normalized spacial score (nSPS) is 12.5. The number of rotatable bonds is 8. The van der Waals surface area contributed by atoms with E-state index >= 15 is 0 Å². The zero-order valence-corrected chi connectivity index (χ0v) is 38.8. The molecule has 0 saturated heterocycles. The number of pyridine rings is 4. The van der Waals surface area contributed by atoms with Gasteiger partial charge in [-0.05, 0) is 181 Å². The zero-order valence-electron chi connectivity index (χ0n) is 38.8. The van der Waals surface area contributed by atoms with E-state index in [1.165, 1.54) is 44.1 Å². The van der Waals surface area contributed by atoms with Gasteiger partial charge < -0.3 is 4.57 Å². The van der Waals surface area contributed by atoms with E-state index in [0.717, 1.165) is 83.6 Å². The summed E-state index contributed by atoms with van der Waals surface area (Å²) in [5.41, 5.74) is 24.2. The topological polar surface area (TPSA) is 56.5 Å². The highest BCUT2D eigenvalue weighted by atomic mass is 15.0. The molecule has 7 aromatic carbocycles. The number of nitrogens with zero attached hydrogens (tertiary/aromatic N) is 5. The third-order valence-electron chi connectivity index (χ3n) is 14.3. The van der Waals surface area contributed by atoms with Gasteiger partial charge in [0.15, 0.2) is 0 Å². The van der Waals surface area contributed by atoms with Crippen LogP contribution in [-0.4, -0.2) is 24.5 Å².